The summed E-state index contributed by atoms with van der Waals surface area (Å²) in [5.74, 6) is 0.926. The summed E-state index contributed by atoms with van der Waals surface area (Å²) in [5, 5.41) is 7.50. The van der Waals surface area contributed by atoms with Crippen molar-refractivity contribution in [2.75, 3.05) is 25.0 Å². The first-order valence-corrected chi connectivity index (χ1v) is 9.71. The highest BCUT2D eigenvalue weighted by molar-refractivity contribution is 5.90. The van der Waals surface area contributed by atoms with E-state index in [0.717, 1.165) is 38.2 Å². The van der Waals surface area contributed by atoms with Crippen molar-refractivity contribution in [2.45, 2.75) is 38.1 Å². The van der Waals surface area contributed by atoms with Crippen LogP contribution >= 0.6 is 0 Å². The predicted octanol–water partition coefficient (Wildman–Crippen LogP) is 2.31. The summed E-state index contributed by atoms with van der Waals surface area (Å²) < 4.78 is 2.00. The van der Waals surface area contributed by atoms with Crippen LogP contribution < -0.4 is 10.2 Å². The van der Waals surface area contributed by atoms with E-state index in [9.17, 15) is 4.79 Å². The molecule has 1 amide bonds. The Bertz CT molecular complexity index is 774. The highest BCUT2D eigenvalue weighted by atomic mass is 16.2. The molecule has 1 fully saturated rings. The number of nitrogens with zero attached hydrogens (tertiary/aromatic N) is 2. The molecule has 2 heterocycles. The molecule has 136 valence electrons. The summed E-state index contributed by atoms with van der Waals surface area (Å²) in [5.41, 5.74) is 2.70. The maximum atomic E-state index is 12.5. The van der Waals surface area contributed by atoms with Crippen molar-refractivity contribution in [3.63, 3.8) is 0 Å². The fourth-order valence-corrected chi connectivity index (χ4v) is 4.13. The maximum absolute atomic E-state index is 12.5. The third-order valence-corrected chi connectivity index (χ3v) is 5.55. The number of anilines is 1. The van der Waals surface area contributed by atoms with Gasteiger partial charge in [0.1, 0.15) is 5.82 Å². The summed E-state index contributed by atoms with van der Waals surface area (Å²) in [7, 11) is 0. The molecule has 0 saturated heterocycles. The van der Waals surface area contributed by atoms with Gasteiger partial charge in [-0.25, -0.2) is 4.68 Å². The molecule has 1 atom stereocenters. The van der Waals surface area contributed by atoms with Crippen LogP contribution in [0.4, 0.5) is 5.82 Å². The number of hydrogen-bond acceptors (Lipinski definition) is 2. The van der Waals surface area contributed by atoms with E-state index >= 15 is 0 Å². The van der Waals surface area contributed by atoms with Crippen molar-refractivity contribution in [1.82, 2.24) is 9.78 Å². The van der Waals surface area contributed by atoms with E-state index in [1.807, 2.05) is 16.8 Å². The number of benzene rings is 1. The van der Waals surface area contributed by atoms with E-state index in [-0.39, 0.29) is 5.91 Å². The first-order valence-electron chi connectivity index (χ1n) is 9.71. The van der Waals surface area contributed by atoms with Gasteiger partial charge in [-0.15, -0.1) is 0 Å². The van der Waals surface area contributed by atoms with Crippen LogP contribution in [0.2, 0.25) is 0 Å². The van der Waals surface area contributed by atoms with Crippen LogP contribution in [-0.2, 0) is 4.79 Å². The standard InChI is InChI=1S/C21H26N4O/c26-21(23-20-10-13-22-25(20)19-8-4-5-9-19)16-24-14-11-18(12-15-24)17-6-2-1-3-7-17/h1-3,6-7,10-11,13,19H,4-5,8-9,12,14-16H2,(H,23,26)/p+1. The number of amides is 1. The molecule has 1 aliphatic carbocycles. The van der Waals surface area contributed by atoms with Crippen molar-refractivity contribution in [2.24, 2.45) is 0 Å². The van der Waals surface area contributed by atoms with Gasteiger partial charge >= 0.3 is 0 Å². The number of aromatic nitrogens is 2. The van der Waals surface area contributed by atoms with Crippen molar-refractivity contribution >= 4 is 17.3 Å². The van der Waals surface area contributed by atoms with Crippen LogP contribution in [0.3, 0.4) is 0 Å². The van der Waals surface area contributed by atoms with Gasteiger partial charge < -0.3 is 10.2 Å². The second-order valence-corrected chi connectivity index (χ2v) is 7.37. The molecular weight excluding hydrogens is 324 g/mol. The maximum Gasteiger partial charge on any atom is 0.280 e. The molecule has 2 N–H and O–H groups in total. The molecule has 1 unspecified atom stereocenters. The van der Waals surface area contributed by atoms with Gasteiger partial charge in [-0.05, 0) is 30.1 Å². The van der Waals surface area contributed by atoms with E-state index < -0.39 is 0 Å². The lowest BCUT2D eigenvalue weighted by Gasteiger charge is -2.23. The van der Waals surface area contributed by atoms with Crippen LogP contribution in [0.5, 0.6) is 0 Å². The van der Waals surface area contributed by atoms with Crippen molar-refractivity contribution in [3.8, 4) is 0 Å². The Morgan fingerprint density at radius 2 is 2.00 bits per heavy atom. The highest BCUT2D eigenvalue weighted by Gasteiger charge is 2.22. The van der Waals surface area contributed by atoms with Crippen LogP contribution in [0.25, 0.3) is 5.57 Å². The predicted molar refractivity (Wildman–Crippen MR) is 103 cm³/mol. The number of carbonyl (C=O) groups is 1. The lowest BCUT2D eigenvalue weighted by Crippen LogP contribution is -3.13. The van der Waals surface area contributed by atoms with Crippen LogP contribution in [0.1, 0.15) is 43.7 Å². The number of hydrogen-bond donors (Lipinski definition) is 2. The van der Waals surface area contributed by atoms with Gasteiger partial charge in [-0.3, -0.25) is 4.79 Å². The smallest absolute Gasteiger partial charge is 0.280 e. The Morgan fingerprint density at radius 1 is 1.19 bits per heavy atom. The van der Waals surface area contributed by atoms with Crippen molar-refractivity contribution < 1.29 is 9.69 Å². The summed E-state index contributed by atoms with van der Waals surface area (Å²) >= 11 is 0. The molecule has 0 radical (unpaired) electrons. The van der Waals surface area contributed by atoms with Crippen LogP contribution in [0.15, 0.2) is 48.7 Å². The molecule has 26 heavy (non-hydrogen) atoms. The zero-order valence-corrected chi connectivity index (χ0v) is 15.2. The lowest BCUT2D eigenvalue weighted by molar-refractivity contribution is -0.886. The summed E-state index contributed by atoms with van der Waals surface area (Å²) in [4.78, 5) is 13.8. The Morgan fingerprint density at radius 3 is 2.73 bits per heavy atom. The Hall–Kier alpha value is -2.40. The highest BCUT2D eigenvalue weighted by Crippen LogP contribution is 2.31. The summed E-state index contributed by atoms with van der Waals surface area (Å²) in [6, 6.07) is 12.9. The zero-order chi connectivity index (χ0) is 17.8. The Balaban J connectivity index is 1.32. The van der Waals surface area contributed by atoms with Crippen molar-refractivity contribution in [1.29, 1.82) is 0 Å². The van der Waals surface area contributed by atoms with E-state index in [4.69, 9.17) is 0 Å². The second-order valence-electron chi connectivity index (χ2n) is 7.37. The average Bonchev–Trinajstić information content (AvgIpc) is 3.34. The van der Waals surface area contributed by atoms with Gasteiger partial charge in [0.05, 0.1) is 25.3 Å². The van der Waals surface area contributed by atoms with Gasteiger partial charge in [0.2, 0.25) is 0 Å². The molecule has 4 rings (SSSR count). The molecule has 1 aliphatic heterocycles. The van der Waals surface area contributed by atoms with Gasteiger partial charge in [0, 0.05) is 12.5 Å². The number of rotatable bonds is 5. The first kappa shape index (κ1) is 17.0. The number of nitrogens with one attached hydrogen (secondary N) is 2. The van der Waals surface area contributed by atoms with Crippen LogP contribution in [0, 0.1) is 0 Å². The molecular formula is C21H27N4O+. The molecule has 1 aromatic heterocycles. The van der Waals surface area contributed by atoms with E-state index in [2.05, 4.69) is 40.8 Å². The van der Waals surface area contributed by atoms with E-state index in [1.54, 1.807) is 6.20 Å². The monoisotopic (exact) mass is 351 g/mol. The second kappa shape index (κ2) is 7.87. The largest absolute Gasteiger partial charge is 0.324 e. The minimum Gasteiger partial charge on any atom is -0.324 e. The fourth-order valence-electron chi connectivity index (χ4n) is 4.13. The number of carbonyl (C=O) groups excluding carboxylic acids is 1. The molecule has 0 bridgehead atoms. The minimum atomic E-state index is 0.0799. The summed E-state index contributed by atoms with van der Waals surface area (Å²) in [6.07, 6.45) is 9.93. The first-order chi connectivity index (χ1) is 12.8. The average molecular weight is 351 g/mol. The zero-order valence-electron chi connectivity index (χ0n) is 15.2. The van der Waals surface area contributed by atoms with E-state index in [0.29, 0.717) is 12.6 Å². The lowest BCUT2D eigenvalue weighted by atomic mass is 10.00. The minimum absolute atomic E-state index is 0.0799. The van der Waals surface area contributed by atoms with Gasteiger partial charge in [-0.2, -0.15) is 5.10 Å². The van der Waals surface area contributed by atoms with Gasteiger partial charge in [-0.1, -0.05) is 43.2 Å². The third kappa shape index (κ3) is 3.88. The molecule has 0 spiro atoms. The molecule has 2 aliphatic rings. The van der Waals surface area contributed by atoms with Crippen LogP contribution in [-0.4, -0.2) is 35.3 Å². The van der Waals surface area contributed by atoms with Crippen molar-refractivity contribution in [3.05, 3.63) is 54.2 Å². The Labute approximate surface area is 154 Å². The summed E-state index contributed by atoms with van der Waals surface area (Å²) in [6.45, 7) is 2.41. The molecule has 1 aromatic carbocycles. The quantitative estimate of drug-likeness (QED) is 0.869. The van der Waals surface area contributed by atoms with Gasteiger partial charge in [0.15, 0.2) is 6.54 Å². The molecule has 5 nitrogen and oxygen atoms in total. The molecule has 2 aromatic rings. The topological polar surface area (TPSA) is 51.4 Å². The SMILES string of the molecule is O=C(C[NH+]1CC=C(c2ccccc2)CC1)Nc1ccnn1C1CCCC1. The number of quaternary nitrogens is 1. The van der Waals surface area contributed by atoms with E-state index in [1.165, 1.54) is 28.9 Å². The third-order valence-electron chi connectivity index (χ3n) is 5.55. The fraction of sp³-hybridized carbons (Fsp3) is 0.429. The normalized spacial score (nSPS) is 20.8. The molecule has 1 saturated carbocycles. The Kier molecular flexibility index (Phi) is 5.16. The van der Waals surface area contributed by atoms with Gasteiger partial charge in [0.25, 0.3) is 5.91 Å². The molecule has 5 heteroatoms.